The van der Waals surface area contributed by atoms with E-state index in [1.807, 2.05) is 5.32 Å². The Morgan fingerprint density at radius 2 is 1.39 bits per heavy atom. The van der Waals surface area contributed by atoms with Crippen molar-refractivity contribution >= 4 is 41.6 Å². The molecule has 33 heavy (non-hydrogen) atoms. The third-order valence-corrected chi connectivity index (χ3v) is 4.01. The topological polar surface area (TPSA) is 290 Å². The fraction of sp³-hybridized carbons (Fsp3) is 0.588. The van der Waals surface area contributed by atoms with Crippen LogP contribution in [0.1, 0.15) is 32.1 Å². The lowest BCUT2D eigenvalue weighted by molar-refractivity contribution is -0.141. The summed E-state index contributed by atoms with van der Waals surface area (Å²) in [4.78, 5) is 73.2. The van der Waals surface area contributed by atoms with Crippen LogP contribution >= 0.6 is 0 Å². The first kappa shape index (κ1) is 29.0. The summed E-state index contributed by atoms with van der Waals surface area (Å²) in [5.74, 6) is -7.22. The lowest BCUT2D eigenvalue weighted by Gasteiger charge is -2.23. The molecular formula is C17H29N7O9. The van der Waals surface area contributed by atoms with E-state index >= 15 is 0 Å². The lowest BCUT2D eigenvalue weighted by atomic mass is 10.1. The molecular weight excluding hydrogens is 446 g/mol. The number of aliphatic carboxylic acids is 3. The van der Waals surface area contributed by atoms with Crippen molar-refractivity contribution in [3.63, 3.8) is 0 Å². The van der Waals surface area contributed by atoms with Gasteiger partial charge in [0.25, 0.3) is 0 Å². The van der Waals surface area contributed by atoms with Crippen LogP contribution in [0, 0.1) is 0 Å². The quantitative estimate of drug-likeness (QED) is 0.0584. The molecule has 0 saturated heterocycles. The minimum Gasteiger partial charge on any atom is -0.481 e. The van der Waals surface area contributed by atoms with Crippen molar-refractivity contribution in [2.75, 3.05) is 13.1 Å². The Balaban J connectivity index is 5.24. The zero-order chi connectivity index (χ0) is 25.6. The number of guanidine groups is 1. The maximum atomic E-state index is 12.6. The number of hydrogen-bond acceptors (Lipinski definition) is 8. The van der Waals surface area contributed by atoms with Gasteiger partial charge in [0.05, 0.1) is 12.5 Å². The van der Waals surface area contributed by atoms with E-state index in [0.717, 1.165) is 0 Å². The van der Waals surface area contributed by atoms with Gasteiger partial charge in [0.2, 0.25) is 17.7 Å². The van der Waals surface area contributed by atoms with Gasteiger partial charge in [-0.05, 0) is 19.3 Å². The SMILES string of the molecule is NC(N)=NCCCC(N)C(=O)NC(CCC(=O)O)C(=O)NC(CC(=O)O)C(=O)NCC(=O)O. The normalized spacial score (nSPS) is 13.0. The molecule has 0 aliphatic rings. The van der Waals surface area contributed by atoms with Crippen LogP contribution in [0.2, 0.25) is 0 Å². The summed E-state index contributed by atoms with van der Waals surface area (Å²) >= 11 is 0. The van der Waals surface area contributed by atoms with E-state index in [1.54, 1.807) is 0 Å². The molecule has 3 atom stereocenters. The van der Waals surface area contributed by atoms with Gasteiger partial charge < -0.3 is 48.5 Å². The van der Waals surface area contributed by atoms with Crippen LogP contribution in [0.15, 0.2) is 4.99 Å². The lowest BCUT2D eigenvalue weighted by Crippen LogP contribution is -2.56. The molecule has 3 unspecified atom stereocenters. The minimum atomic E-state index is -1.67. The third-order valence-electron chi connectivity index (χ3n) is 4.01. The van der Waals surface area contributed by atoms with Gasteiger partial charge in [0, 0.05) is 13.0 Å². The van der Waals surface area contributed by atoms with Crippen molar-refractivity contribution in [3.8, 4) is 0 Å². The average Bonchev–Trinajstić information content (AvgIpc) is 2.70. The highest BCUT2D eigenvalue weighted by molar-refractivity contribution is 5.95. The number of amides is 3. The molecule has 3 amide bonds. The van der Waals surface area contributed by atoms with Crippen LogP contribution in [0.4, 0.5) is 0 Å². The fourth-order valence-electron chi connectivity index (χ4n) is 2.41. The molecule has 16 nitrogen and oxygen atoms in total. The van der Waals surface area contributed by atoms with Gasteiger partial charge in [-0.25, -0.2) is 0 Å². The molecule has 0 rings (SSSR count). The predicted octanol–water partition coefficient (Wildman–Crippen LogP) is -4.12. The average molecular weight is 475 g/mol. The number of rotatable bonds is 16. The highest BCUT2D eigenvalue weighted by Crippen LogP contribution is 2.03. The summed E-state index contributed by atoms with van der Waals surface area (Å²) in [5, 5.41) is 32.8. The van der Waals surface area contributed by atoms with Gasteiger partial charge in [0.15, 0.2) is 5.96 Å². The Morgan fingerprint density at radius 1 is 0.788 bits per heavy atom. The van der Waals surface area contributed by atoms with Crippen LogP contribution < -0.4 is 33.2 Å². The number of carboxylic acid groups (broad SMARTS) is 3. The van der Waals surface area contributed by atoms with Crippen molar-refractivity contribution in [1.29, 1.82) is 0 Å². The van der Waals surface area contributed by atoms with E-state index < -0.39 is 73.1 Å². The second-order valence-corrected chi connectivity index (χ2v) is 6.82. The molecule has 0 heterocycles. The van der Waals surface area contributed by atoms with Gasteiger partial charge in [-0.15, -0.1) is 0 Å². The number of carboxylic acids is 3. The van der Waals surface area contributed by atoms with Gasteiger partial charge in [0.1, 0.15) is 18.6 Å². The Morgan fingerprint density at radius 3 is 1.91 bits per heavy atom. The Kier molecular flexibility index (Phi) is 13.2. The molecule has 0 aliphatic carbocycles. The molecule has 0 aromatic rings. The first-order valence-electron chi connectivity index (χ1n) is 9.68. The van der Waals surface area contributed by atoms with Crippen molar-refractivity contribution < 1.29 is 44.1 Å². The van der Waals surface area contributed by atoms with Crippen molar-refractivity contribution in [1.82, 2.24) is 16.0 Å². The Bertz CT molecular complexity index is 768. The van der Waals surface area contributed by atoms with Crippen molar-refractivity contribution in [2.24, 2.45) is 22.2 Å². The molecule has 12 N–H and O–H groups in total. The van der Waals surface area contributed by atoms with Crippen molar-refractivity contribution in [3.05, 3.63) is 0 Å². The molecule has 0 saturated carbocycles. The molecule has 0 bridgehead atoms. The number of nitrogens with two attached hydrogens (primary N) is 3. The number of nitrogens with one attached hydrogen (secondary N) is 3. The molecule has 16 heteroatoms. The zero-order valence-electron chi connectivity index (χ0n) is 17.7. The van der Waals surface area contributed by atoms with E-state index in [4.69, 9.17) is 32.5 Å². The summed E-state index contributed by atoms with van der Waals surface area (Å²) in [5.41, 5.74) is 16.1. The molecule has 0 aliphatic heterocycles. The standard InChI is InChI=1S/C17H29N7O9/c18-8(2-1-5-21-17(19)20)14(31)23-9(3-4-11(25)26)16(33)24-10(6-12(27)28)15(32)22-7-13(29)30/h8-10H,1-7,18H2,(H,22,32)(H,23,31)(H,24,33)(H,25,26)(H,27,28)(H,29,30)(H4,19,20,21). The number of nitrogens with zero attached hydrogens (tertiary/aromatic N) is 1. The number of carbonyl (C=O) groups excluding carboxylic acids is 3. The van der Waals surface area contributed by atoms with Crippen LogP contribution in [-0.4, -0.2) is 88.1 Å². The molecule has 0 fully saturated rings. The number of hydrogen-bond donors (Lipinski definition) is 9. The van der Waals surface area contributed by atoms with Crippen molar-refractivity contribution in [2.45, 2.75) is 50.2 Å². The molecule has 0 spiro atoms. The van der Waals surface area contributed by atoms with Crippen LogP contribution in [0.3, 0.4) is 0 Å². The summed E-state index contributed by atoms with van der Waals surface area (Å²) in [7, 11) is 0. The minimum absolute atomic E-state index is 0.134. The second kappa shape index (κ2) is 15.0. The van der Waals surface area contributed by atoms with E-state index in [1.165, 1.54) is 0 Å². The van der Waals surface area contributed by atoms with Crippen LogP contribution in [-0.2, 0) is 28.8 Å². The monoisotopic (exact) mass is 475 g/mol. The highest BCUT2D eigenvalue weighted by Gasteiger charge is 2.29. The van der Waals surface area contributed by atoms with Gasteiger partial charge in [-0.3, -0.25) is 33.8 Å². The second-order valence-electron chi connectivity index (χ2n) is 6.82. The molecule has 0 aromatic heterocycles. The van der Waals surface area contributed by atoms with E-state index in [-0.39, 0.29) is 25.3 Å². The first-order valence-corrected chi connectivity index (χ1v) is 9.68. The molecule has 186 valence electrons. The maximum absolute atomic E-state index is 12.6. The first-order chi connectivity index (χ1) is 15.3. The molecule has 0 radical (unpaired) electrons. The van der Waals surface area contributed by atoms with Gasteiger partial charge in [-0.2, -0.15) is 0 Å². The largest absolute Gasteiger partial charge is 0.481 e. The third kappa shape index (κ3) is 13.9. The Hall–Kier alpha value is -3.95. The number of carbonyl (C=O) groups is 6. The van der Waals surface area contributed by atoms with E-state index in [2.05, 4.69) is 15.6 Å². The summed E-state index contributed by atoms with van der Waals surface area (Å²) in [6.07, 6.45) is -1.34. The highest BCUT2D eigenvalue weighted by atomic mass is 16.4. The summed E-state index contributed by atoms with van der Waals surface area (Å²) < 4.78 is 0. The zero-order valence-corrected chi connectivity index (χ0v) is 17.7. The van der Waals surface area contributed by atoms with E-state index in [9.17, 15) is 28.8 Å². The Labute approximate surface area is 187 Å². The fourth-order valence-corrected chi connectivity index (χ4v) is 2.41. The maximum Gasteiger partial charge on any atom is 0.322 e. The predicted molar refractivity (Wildman–Crippen MR) is 112 cm³/mol. The smallest absolute Gasteiger partial charge is 0.322 e. The van der Waals surface area contributed by atoms with Gasteiger partial charge in [-0.1, -0.05) is 0 Å². The summed E-state index contributed by atoms with van der Waals surface area (Å²) in [6.45, 7) is -0.618. The summed E-state index contributed by atoms with van der Waals surface area (Å²) in [6, 6.07) is -4.22. The van der Waals surface area contributed by atoms with Crippen LogP contribution in [0.5, 0.6) is 0 Å². The van der Waals surface area contributed by atoms with E-state index in [0.29, 0.717) is 6.42 Å². The molecule has 0 aromatic carbocycles. The number of aliphatic imine (C=N–C) groups is 1. The van der Waals surface area contributed by atoms with Gasteiger partial charge >= 0.3 is 17.9 Å². The van der Waals surface area contributed by atoms with Crippen LogP contribution in [0.25, 0.3) is 0 Å².